The summed E-state index contributed by atoms with van der Waals surface area (Å²) in [6.07, 6.45) is 4.01. The van der Waals surface area contributed by atoms with Gasteiger partial charge in [0.15, 0.2) is 0 Å². The zero-order chi connectivity index (χ0) is 14.4. The average Bonchev–Trinajstić information content (AvgIpc) is 2.43. The summed E-state index contributed by atoms with van der Waals surface area (Å²) in [7, 11) is 2.12. The summed E-state index contributed by atoms with van der Waals surface area (Å²) >= 11 is 0. The number of rotatable bonds is 6. The minimum absolute atomic E-state index is 0.366. The van der Waals surface area contributed by atoms with Gasteiger partial charge in [0.1, 0.15) is 5.75 Å². The largest absolute Gasteiger partial charge is 0.494 e. The van der Waals surface area contributed by atoms with Gasteiger partial charge in [0, 0.05) is 30.9 Å². The lowest BCUT2D eigenvalue weighted by Gasteiger charge is -2.27. The summed E-state index contributed by atoms with van der Waals surface area (Å²) in [5.74, 6) is 0.929. The van der Waals surface area contributed by atoms with Gasteiger partial charge in [0.25, 0.3) is 0 Å². The zero-order valence-electron chi connectivity index (χ0n) is 12.6. The van der Waals surface area contributed by atoms with E-state index in [0.717, 1.165) is 36.7 Å². The summed E-state index contributed by atoms with van der Waals surface area (Å²) in [6.45, 7) is 5.37. The van der Waals surface area contributed by atoms with Crippen LogP contribution in [0.5, 0.6) is 5.75 Å². The van der Waals surface area contributed by atoms with Gasteiger partial charge in [-0.3, -0.25) is 4.90 Å². The highest BCUT2D eigenvalue weighted by atomic mass is 16.5. The van der Waals surface area contributed by atoms with Crippen LogP contribution in [0.3, 0.4) is 0 Å². The highest BCUT2D eigenvalue weighted by molar-refractivity contribution is 5.47. The Morgan fingerprint density at radius 3 is 2.95 bits per heavy atom. The number of anilines is 1. The van der Waals surface area contributed by atoms with Crippen molar-refractivity contribution in [3.63, 3.8) is 0 Å². The van der Waals surface area contributed by atoms with Crippen LogP contribution < -0.4 is 10.5 Å². The monoisotopic (exact) mass is 278 g/mol. The van der Waals surface area contributed by atoms with E-state index >= 15 is 0 Å². The Kier molecular flexibility index (Phi) is 5.68. The van der Waals surface area contributed by atoms with Crippen LogP contribution in [-0.2, 0) is 11.3 Å². The summed E-state index contributed by atoms with van der Waals surface area (Å²) < 4.78 is 11.5. The van der Waals surface area contributed by atoms with E-state index in [4.69, 9.17) is 15.2 Å². The van der Waals surface area contributed by atoms with Crippen LogP contribution in [0.1, 0.15) is 31.7 Å². The van der Waals surface area contributed by atoms with E-state index in [-0.39, 0.29) is 0 Å². The van der Waals surface area contributed by atoms with Gasteiger partial charge in [-0.05, 0) is 51.4 Å². The van der Waals surface area contributed by atoms with Gasteiger partial charge in [-0.15, -0.1) is 0 Å². The van der Waals surface area contributed by atoms with E-state index in [1.807, 2.05) is 25.1 Å². The van der Waals surface area contributed by atoms with Gasteiger partial charge in [-0.25, -0.2) is 0 Å². The predicted octanol–water partition coefficient (Wildman–Crippen LogP) is 2.67. The van der Waals surface area contributed by atoms with Crippen molar-refractivity contribution in [2.75, 3.05) is 32.5 Å². The molecule has 1 aromatic rings. The molecule has 1 aliphatic rings. The molecule has 4 nitrogen and oxygen atoms in total. The first-order chi connectivity index (χ1) is 9.69. The smallest absolute Gasteiger partial charge is 0.123 e. The van der Waals surface area contributed by atoms with E-state index in [2.05, 4.69) is 11.9 Å². The molecule has 0 aliphatic carbocycles. The Balaban J connectivity index is 1.95. The fourth-order valence-corrected chi connectivity index (χ4v) is 2.67. The molecule has 0 bridgehead atoms. The molecule has 2 N–H and O–H groups in total. The lowest BCUT2D eigenvalue weighted by Crippen LogP contribution is -2.33. The third kappa shape index (κ3) is 4.39. The van der Waals surface area contributed by atoms with E-state index < -0.39 is 0 Å². The quantitative estimate of drug-likeness (QED) is 0.813. The van der Waals surface area contributed by atoms with Gasteiger partial charge in [0.05, 0.1) is 12.7 Å². The van der Waals surface area contributed by atoms with Crippen molar-refractivity contribution >= 4 is 5.69 Å². The van der Waals surface area contributed by atoms with Crippen molar-refractivity contribution < 1.29 is 9.47 Å². The number of benzene rings is 1. The van der Waals surface area contributed by atoms with Crippen molar-refractivity contribution in [1.29, 1.82) is 0 Å². The minimum atomic E-state index is 0.366. The molecule has 1 aromatic carbocycles. The highest BCUT2D eigenvalue weighted by Crippen LogP contribution is 2.23. The second kappa shape index (κ2) is 7.50. The van der Waals surface area contributed by atoms with Crippen LogP contribution in [0.25, 0.3) is 0 Å². The molecular formula is C16H26N2O2. The Morgan fingerprint density at radius 2 is 2.25 bits per heavy atom. The normalized spacial score (nSPS) is 19.2. The number of ether oxygens (including phenoxy) is 2. The Bertz CT molecular complexity index is 417. The Morgan fingerprint density at radius 1 is 1.40 bits per heavy atom. The van der Waals surface area contributed by atoms with Crippen molar-refractivity contribution in [3.8, 4) is 5.75 Å². The van der Waals surface area contributed by atoms with Gasteiger partial charge in [-0.1, -0.05) is 0 Å². The number of nitrogens with two attached hydrogens (primary N) is 1. The van der Waals surface area contributed by atoms with E-state index in [0.29, 0.717) is 12.7 Å². The first-order valence-electron chi connectivity index (χ1n) is 7.50. The fourth-order valence-electron chi connectivity index (χ4n) is 2.67. The van der Waals surface area contributed by atoms with E-state index in [1.54, 1.807) is 0 Å². The summed E-state index contributed by atoms with van der Waals surface area (Å²) in [6, 6.07) is 5.85. The first-order valence-corrected chi connectivity index (χ1v) is 7.50. The topological polar surface area (TPSA) is 47.7 Å². The SMILES string of the molecule is CCOc1ccc(N)cc1CN(C)CC1CCCCO1. The summed E-state index contributed by atoms with van der Waals surface area (Å²) in [5.41, 5.74) is 7.81. The highest BCUT2D eigenvalue weighted by Gasteiger charge is 2.16. The number of hydrogen-bond acceptors (Lipinski definition) is 4. The molecule has 1 unspecified atom stereocenters. The predicted molar refractivity (Wildman–Crippen MR) is 81.9 cm³/mol. The maximum absolute atomic E-state index is 5.88. The van der Waals surface area contributed by atoms with Crippen molar-refractivity contribution in [3.05, 3.63) is 23.8 Å². The van der Waals surface area contributed by atoms with E-state index in [1.165, 1.54) is 19.3 Å². The molecule has 1 aliphatic heterocycles. The molecule has 0 spiro atoms. The van der Waals surface area contributed by atoms with Crippen LogP contribution >= 0.6 is 0 Å². The van der Waals surface area contributed by atoms with Gasteiger partial charge in [0.2, 0.25) is 0 Å². The molecule has 20 heavy (non-hydrogen) atoms. The van der Waals surface area contributed by atoms with Crippen LogP contribution in [0.2, 0.25) is 0 Å². The molecule has 0 amide bonds. The fraction of sp³-hybridized carbons (Fsp3) is 0.625. The number of nitrogen functional groups attached to an aromatic ring is 1. The second-order valence-electron chi connectivity index (χ2n) is 5.49. The number of nitrogens with zero attached hydrogens (tertiary/aromatic N) is 1. The molecule has 2 rings (SSSR count). The van der Waals surface area contributed by atoms with Crippen molar-refractivity contribution in [1.82, 2.24) is 4.90 Å². The number of likely N-dealkylation sites (N-methyl/N-ethyl adjacent to an activating group) is 1. The standard InChI is InChI=1S/C16H26N2O2/c1-3-19-16-8-7-14(17)10-13(16)11-18(2)12-15-6-4-5-9-20-15/h7-8,10,15H,3-6,9,11-12,17H2,1-2H3. The maximum Gasteiger partial charge on any atom is 0.123 e. The molecule has 112 valence electrons. The summed E-state index contributed by atoms with van der Waals surface area (Å²) in [4.78, 5) is 2.28. The molecule has 0 saturated carbocycles. The Hall–Kier alpha value is -1.26. The molecule has 1 fully saturated rings. The van der Waals surface area contributed by atoms with E-state index in [9.17, 15) is 0 Å². The average molecular weight is 278 g/mol. The third-order valence-electron chi connectivity index (χ3n) is 3.61. The zero-order valence-corrected chi connectivity index (χ0v) is 12.6. The van der Waals surface area contributed by atoms with Crippen LogP contribution in [-0.4, -0.2) is 37.8 Å². The van der Waals surface area contributed by atoms with Crippen LogP contribution in [0, 0.1) is 0 Å². The van der Waals surface area contributed by atoms with Crippen molar-refractivity contribution in [2.24, 2.45) is 0 Å². The molecule has 0 aromatic heterocycles. The second-order valence-corrected chi connectivity index (χ2v) is 5.49. The lowest BCUT2D eigenvalue weighted by atomic mass is 10.1. The molecular weight excluding hydrogens is 252 g/mol. The lowest BCUT2D eigenvalue weighted by molar-refractivity contribution is -0.00268. The third-order valence-corrected chi connectivity index (χ3v) is 3.61. The van der Waals surface area contributed by atoms with Crippen LogP contribution in [0.4, 0.5) is 5.69 Å². The minimum Gasteiger partial charge on any atom is -0.494 e. The van der Waals surface area contributed by atoms with Crippen LogP contribution in [0.15, 0.2) is 18.2 Å². The number of hydrogen-bond donors (Lipinski definition) is 1. The first kappa shape index (κ1) is 15.1. The van der Waals surface area contributed by atoms with Gasteiger partial charge >= 0.3 is 0 Å². The maximum atomic E-state index is 5.88. The summed E-state index contributed by atoms with van der Waals surface area (Å²) in [5, 5.41) is 0. The molecule has 0 radical (unpaired) electrons. The molecule has 1 heterocycles. The molecule has 4 heteroatoms. The van der Waals surface area contributed by atoms with Crippen molar-refractivity contribution in [2.45, 2.75) is 38.8 Å². The Labute approximate surface area is 121 Å². The van der Waals surface area contributed by atoms with Gasteiger partial charge in [-0.2, -0.15) is 0 Å². The van der Waals surface area contributed by atoms with Gasteiger partial charge < -0.3 is 15.2 Å². The molecule has 1 atom stereocenters. The molecule has 1 saturated heterocycles.